The van der Waals surface area contributed by atoms with Gasteiger partial charge in [0.25, 0.3) is 0 Å². The van der Waals surface area contributed by atoms with Crippen LogP contribution in [0.15, 0.2) is 0 Å². The first-order valence-corrected chi connectivity index (χ1v) is 4.43. The van der Waals surface area contributed by atoms with Crippen molar-refractivity contribution in [2.75, 3.05) is 12.4 Å². The van der Waals surface area contributed by atoms with Crippen molar-refractivity contribution in [3.63, 3.8) is 0 Å². The van der Waals surface area contributed by atoms with Gasteiger partial charge in [-0.2, -0.15) is 11.8 Å². The summed E-state index contributed by atoms with van der Waals surface area (Å²) in [4.78, 5) is 10.4. The summed E-state index contributed by atoms with van der Waals surface area (Å²) >= 11 is 1.63. The van der Waals surface area contributed by atoms with Gasteiger partial charge in [0.15, 0.2) is 0 Å². The first-order valence-electron chi connectivity index (χ1n) is 3.38. The molecular formula is C7H14O2S. The molecule has 0 rings (SSSR count). The zero-order valence-electron chi connectivity index (χ0n) is 6.46. The normalized spacial score (nSPS) is 13.1. The molecule has 0 fully saturated rings. The molecule has 0 aromatic carbocycles. The molecule has 0 saturated heterocycles. The summed E-state index contributed by atoms with van der Waals surface area (Å²) < 4.78 is 0. The van der Waals surface area contributed by atoms with Crippen LogP contribution in [-0.4, -0.2) is 28.5 Å². The van der Waals surface area contributed by atoms with Crippen LogP contribution in [0.25, 0.3) is 0 Å². The Bertz CT molecular complexity index is 104. The molecule has 0 spiro atoms. The van der Waals surface area contributed by atoms with E-state index in [9.17, 15) is 4.79 Å². The number of carbonyl (C=O) groups excluding carboxylic acids is 1. The van der Waals surface area contributed by atoms with Crippen LogP contribution in [0.2, 0.25) is 0 Å². The third-order valence-corrected chi connectivity index (χ3v) is 2.27. The van der Waals surface area contributed by atoms with Gasteiger partial charge in [0.05, 0.1) is 6.61 Å². The molecule has 0 bridgehead atoms. The van der Waals surface area contributed by atoms with Crippen LogP contribution in [0.3, 0.4) is 0 Å². The highest BCUT2D eigenvalue weighted by molar-refractivity contribution is 7.99. The minimum absolute atomic E-state index is 0.197. The number of carbonyl (C=O) groups is 1. The lowest BCUT2D eigenvalue weighted by Crippen LogP contribution is -2.04. The van der Waals surface area contributed by atoms with Gasteiger partial charge in [-0.25, -0.2) is 0 Å². The summed E-state index contributed by atoms with van der Waals surface area (Å²) in [5.74, 6) is 1.05. The summed E-state index contributed by atoms with van der Waals surface area (Å²) in [6, 6.07) is 0. The molecule has 0 radical (unpaired) electrons. The van der Waals surface area contributed by atoms with E-state index in [-0.39, 0.29) is 17.6 Å². The SMILES string of the molecule is CC(=O)CCSC(C)CO. The van der Waals surface area contributed by atoms with E-state index in [0.717, 1.165) is 5.75 Å². The van der Waals surface area contributed by atoms with Crippen molar-refractivity contribution in [1.29, 1.82) is 0 Å². The summed E-state index contributed by atoms with van der Waals surface area (Å²) in [7, 11) is 0. The average molecular weight is 162 g/mol. The van der Waals surface area contributed by atoms with Crippen LogP contribution < -0.4 is 0 Å². The van der Waals surface area contributed by atoms with Crippen molar-refractivity contribution >= 4 is 17.5 Å². The molecule has 0 aliphatic carbocycles. The van der Waals surface area contributed by atoms with E-state index in [1.165, 1.54) is 0 Å². The second-order valence-corrected chi connectivity index (χ2v) is 3.86. The smallest absolute Gasteiger partial charge is 0.130 e. The zero-order chi connectivity index (χ0) is 7.98. The summed E-state index contributed by atoms with van der Waals surface area (Å²) in [6.45, 7) is 3.73. The Balaban J connectivity index is 3.11. The molecule has 0 aromatic heterocycles. The van der Waals surface area contributed by atoms with Crippen molar-refractivity contribution in [3.8, 4) is 0 Å². The van der Waals surface area contributed by atoms with Gasteiger partial charge in [-0.3, -0.25) is 4.79 Å². The Kier molecular flexibility index (Phi) is 5.73. The van der Waals surface area contributed by atoms with Gasteiger partial charge < -0.3 is 5.11 Å². The Hall–Kier alpha value is -0.0200. The first kappa shape index (κ1) is 9.98. The molecule has 0 saturated carbocycles. The molecule has 0 aromatic rings. The third kappa shape index (κ3) is 6.11. The van der Waals surface area contributed by atoms with E-state index >= 15 is 0 Å². The maximum Gasteiger partial charge on any atom is 0.130 e. The number of rotatable bonds is 5. The topological polar surface area (TPSA) is 37.3 Å². The number of hydrogen-bond donors (Lipinski definition) is 1. The maximum atomic E-state index is 10.4. The molecule has 0 aliphatic heterocycles. The summed E-state index contributed by atoms with van der Waals surface area (Å²) in [5, 5.41) is 8.86. The quantitative estimate of drug-likeness (QED) is 0.657. The van der Waals surface area contributed by atoms with Gasteiger partial charge in [0.2, 0.25) is 0 Å². The van der Waals surface area contributed by atoms with Crippen LogP contribution in [-0.2, 0) is 4.79 Å². The zero-order valence-corrected chi connectivity index (χ0v) is 7.28. The molecule has 0 heterocycles. The fraction of sp³-hybridized carbons (Fsp3) is 0.857. The fourth-order valence-corrected chi connectivity index (χ4v) is 1.37. The molecule has 1 N–H and O–H groups in total. The van der Waals surface area contributed by atoms with E-state index in [1.807, 2.05) is 6.92 Å². The van der Waals surface area contributed by atoms with Crippen LogP contribution in [0.4, 0.5) is 0 Å². The first-order chi connectivity index (χ1) is 4.66. The summed E-state index contributed by atoms with van der Waals surface area (Å²) in [5.41, 5.74) is 0. The highest BCUT2D eigenvalue weighted by atomic mass is 32.2. The maximum absolute atomic E-state index is 10.4. The lowest BCUT2D eigenvalue weighted by Gasteiger charge is -2.04. The number of thioether (sulfide) groups is 1. The molecule has 60 valence electrons. The van der Waals surface area contributed by atoms with Crippen LogP contribution >= 0.6 is 11.8 Å². The van der Waals surface area contributed by atoms with Crippen LogP contribution in [0.1, 0.15) is 20.3 Å². The molecule has 0 aliphatic rings. The molecule has 0 amide bonds. The minimum Gasteiger partial charge on any atom is -0.395 e. The molecule has 1 unspecified atom stereocenters. The lowest BCUT2D eigenvalue weighted by molar-refractivity contribution is -0.116. The second-order valence-electron chi connectivity index (χ2n) is 2.32. The molecule has 10 heavy (non-hydrogen) atoms. The Morgan fingerprint density at radius 2 is 2.30 bits per heavy atom. The highest BCUT2D eigenvalue weighted by Gasteiger charge is 2.00. The van der Waals surface area contributed by atoms with Crippen LogP contribution in [0.5, 0.6) is 0 Å². The van der Waals surface area contributed by atoms with Gasteiger partial charge in [0, 0.05) is 17.4 Å². The Morgan fingerprint density at radius 1 is 1.70 bits per heavy atom. The predicted octanol–water partition coefficient (Wildman–Crippen LogP) is 1.08. The van der Waals surface area contributed by atoms with Gasteiger partial charge in [-0.05, 0) is 6.92 Å². The van der Waals surface area contributed by atoms with E-state index in [4.69, 9.17) is 5.11 Å². The van der Waals surface area contributed by atoms with Gasteiger partial charge in [-0.1, -0.05) is 6.92 Å². The Labute approximate surface area is 66.0 Å². The number of aliphatic hydroxyl groups excluding tert-OH is 1. The molecular weight excluding hydrogens is 148 g/mol. The molecule has 1 atom stereocenters. The van der Waals surface area contributed by atoms with Crippen molar-refractivity contribution in [2.24, 2.45) is 0 Å². The van der Waals surface area contributed by atoms with Crippen molar-refractivity contribution in [3.05, 3.63) is 0 Å². The monoisotopic (exact) mass is 162 g/mol. The second kappa shape index (κ2) is 5.74. The van der Waals surface area contributed by atoms with E-state index in [0.29, 0.717) is 6.42 Å². The van der Waals surface area contributed by atoms with Crippen molar-refractivity contribution in [2.45, 2.75) is 25.5 Å². The van der Waals surface area contributed by atoms with E-state index in [1.54, 1.807) is 18.7 Å². The third-order valence-electron chi connectivity index (χ3n) is 1.11. The van der Waals surface area contributed by atoms with E-state index in [2.05, 4.69) is 0 Å². The van der Waals surface area contributed by atoms with Crippen molar-refractivity contribution in [1.82, 2.24) is 0 Å². The average Bonchev–Trinajstić information content (AvgIpc) is 1.87. The number of Topliss-reactive ketones (excluding diaryl/α,β-unsaturated/α-hetero) is 1. The summed E-state index contributed by atoms with van der Waals surface area (Å²) in [6.07, 6.45) is 0.620. The number of aliphatic hydroxyl groups is 1. The van der Waals surface area contributed by atoms with E-state index < -0.39 is 0 Å². The number of ketones is 1. The van der Waals surface area contributed by atoms with Crippen molar-refractivity contribution < 1.29 is 9.90 Å². The highest BCUT2D eigenvalue weighted by Crippen LogP contribution is 2.10. The standard InChI is InChI=1S/C7H14O2S/c1-6(9)3-4-10-7(2)5-8/h7-8H,3-5H2,1-2H3. The predicted molar refractivity (Wildman–Crippen MR) is 44.3 cm³/mol. The largest absolute Gasteiger partial charge is 0.395 e. The van der Waals surface area contributed by atoms with Gasteiger partial charge in [0.1, 0.15) is 5.78 Å². The fourth-order valence-electron chi connectivity index (χ4n) is 0.457. The number of hydrogen-bond acceptors (Lipinski definition) is 3. The minimum atomic E-state index is 0.197. The lowest BCUT2D eigenvalue weighted by atomic mass is 10.4. The van der Waals surface area contributed by atoms with Gasteiger partial charge in [-0.15, -0.1) is 0 Å². The Morgan fingerprint density at radius 3 is 2.70 bits per heavy atom. The van der Waals surface area contributed by atoms with Gasteiger partial charge >= 0.3 is 0 Å². The molecule has 2 nitrogen and oxygen atoms in total. The van der Waals surface area contributed by atoms with Crippen LogP contribution in [0, 0.1) is 0 Å². The molecule has 3 heteroatoms.